The zero-order valence-corrected chi connectivity index (χ0v) is 13.0. The molecular formula is C12H15IN2OS. The number of anilines is 2. The number of hydrogen-bond donors (Lipinski definition) is 1. The second-order valence-electron chi connectivity index (χ2n) is 3.57. The summed E-state index contributed by atoms with van der Waals surface area (Å²) >= 11 is 1.69. The van der Waals surface area contributed by atoms with Gasteiger partial charge in [0.15, 0.2) is 11.4 Å². The van der Waals surface area contributed by atoms with Crippen molar-refractivity contribution in [1.29, 1.82) is 0 Å². The van der Waals surface area contributed by atoms with Crippen molar-refractivity contribution < 1.29 is 33.3 Å². The van der Waals surface area contributed by atoms with Gasteiger partial charge in [0.05, 0.1) is 14.2 Å². The first-order valence-electron chi connectivity index (χ1n) is 5.06. The number of para-hydroxylation sites is 2. The Bertz CT molecular complexity index is 499. The Morgan fingerprint density at radius 1 is 1.29 bits per heavy atom. The number of ether oxygens (including phenoxy) is 1. The SMILES string of the molecule is COc1ccccc1Nc1scc(C)[n+]1C.[I-]. The monoisotopic (exact) mass is 362 g/mol. The van der Waals surface area contributed by atoms with Gasteiger partial charge in [-0.1, -0.05) is 23.5 Å². The molecule has 0 aliphatic heterocycles. The fourth-order valence-corrected chi connectivity index (χ4v) is 2.35. The number of aryl methyl sites for hydroxylation is 1. The molecule has 0 amide bonds. The van der Waals surface area contributed by atoms with Crippen molar-refractivity contribution in [3.8, 4) is 5.75 Å². The van der Waals surface area contributed by atoms with E-state index in [9.17, 15) is 0 Å². The van der Waals surface area contributed by atoms with Crippen molar-refractivity contribution in [2.45, 2.75) is 6.92 Å². The Kier molecular flexibility index (Phi) is 5.20. The Hall–Kier alpha value is -0.820. The van der Waals surface area contributed by atoms with Crippen LogP contribution in [0, 0.1) is 6.92 Å². The molecule has 5 heteroatoms. The fraction of sp³-hybridized carbons (Fsp3) is 0.250. The minimum absolute atomic E-state index is 0. The number of aromatic nitrogens is 1. The maximum absolute atomic E-state index is 5.30. The number of rotatable bonds is 3. The highest BCUT2D eigenvalue weighted by Crippen LogP contribution is 2.27. The number of hydrogen-bond acceptors (Lipinski definition) is 3. The largest absolute Gasteiger partial charge is 1.00 e. The van der Waals surface area contributed by atoms with Crippen LogP contribution in [0.5, 0.6) is 5.75 Å². The van der Waals surface area contributed by atoms with E-state index in [1.54, 1.807) is 18.4 Å². The Morgan fingerprint density at radius 2 is 2.00 bits per heavy atom. The van der Waals surface area contributed by atoms with E-state index in [4.69, 9.17) is 4.74 Å². The van der Waals surface area contributed by atoms with E-state index in [-0.39, 0.29) is 24.0 Å². The highest BCUT2D eigenvalue weighted by atomic mass is 127. The van der Waals surface area contributed by atoms with Crippen LogP contribution in [0.3, 0.4) is 0 Å². The first kappa shape index (κ1) is 14.2. The molecule has 1 aromatic carbocycles. The molecule has 92 valence electrons. The third-order valence-electron chi connectivity index (χ3n) is 2.52. The van der Waals surface area contributed by atoms with Crippen molar-refractivity contribution in [1.82, 2.24) is 0 Å². The van der Waals surface area contributed by atoms with E-state index in [2.05, 4.69) is 22.2 Å². The van der Waals surface area contributed by atoms with Gasteiger partial charge in [-0.05, 0) is 19.1 Å². The third-order valence-corrected chi connectivity index (χ3v) is 3.58. The summed E-state index contributed by atoms with van der Waals surface area (Å²) in [5, 5.41) is 6.59. The first-order chi connectivity index (χ1) is 7.72. The predicted octanol–water partition coefficient (Wildman–Crippen LogP) is -0.363. The van der Waals surface area contributed by atoms with Gasteiger partial charge in [0.25, 0.3) is 0 Å². The maximum Gasteiger partial charge on any atom is 0.338 e. The molecule has 0 atom stereocenters. The molecule has 3 nitrogen and oxygen atoms in total. The molecule has 0 saturated heterocycles. The minimum Gasteiger partial charge on any atom is -1.00 e. The summed E-state index contributed by atoms with van der Waals surface area (Å²) < 4.78 is 7.42. The van der Waals surface area contributed by atoms with Crippen LogP contribution in [0.2, 0.25) is 0 Å². The summed E-state index contributed by atoms with van der Waals surface area (Å²) in [4.78, 5) is 0. The van der Waals surface area contributed by atoms with E-state index in [0.29, 0.717) is 0 Å². The molecule has 0 radical (unpaired) electrons. The van der Waals surface area contributed by atoms with E-state index < -0.39 is 0 Å². The van der Waals surface area contributed by atoms with Crippen molar-refractivity contribution in [2.24, 2.45) is 7.05 Å². The summed E-state index contributed by atoms with van der Waals surface area (Å²) in [6, 6.07) is 7.91. The molecule has 17 heavy (non-hydrogen) atoms. The van der Waals surface area contributed by atoms with Crippen LogP contribution in [-0.4, -0.2) is 7.11 Å². The van der Waals surface area contributed by atoms with E-state index in [0.717, 1.165) is 16.6 Å². The second kappa shape index (κ2) is 6.20. The average molecular weight is 362 g/mol. The van der Waals surface area contributed by atoms with Crippen LogP contribution in [0.1, 0.15) is 5.69 Å². The lowest BCUT2D eigenvalue weighted by atomic mass is 10.3. The number of halogens is 1. The maximum atomic E-state index is 5.30. The molecule has 0 spiro atoms. The lowest BCUT2D eigenvalue weighted by Crippen LogP contribution is -3.00. The molecule has 0 saturated carbocycles. The first-order valence-corrected chi connectivity index (χ1v) is 5.94. The smallest absolute Gasteiger partial charge is 0.338 e. The molecule has 1 N–H and O–H groups in total. The molecule has 1 heterocycles. The van der Waals surface area contributed by atoms with Gasteiger partial charge < -0.3 is 28.7 Å². The minimum atomic E-state index is 0. The van der Waals surface area contributed by atoms with Crippen LogP contribution in [0.15, 0.2) is 29.6 Å². The number of nitrogens with zero attached hydrogens (tertiary/aromatic N) is 1. The fourth-order valence-electron chi connectivity index (χ4n) is 1.44. The van der Waals surface area contributed by atoms with E-state index in [1.165, 1.54) is 5.69 Å². The molecule has 0 aliphatic rings. The molecule has 2 rings (SSSR count). The Labute approximate surface area is 122 Å². The summed E-state index contributed by atoms with van der Waals surface area (Å²) in [7, 11) is 3.73. The number of thiazole rings is 1. The van der Waals surface area contributed by atoms with Crippen LogP contribution in [0.25, 0.3) is 0 Å². The molecule has 0 fully saturated rings. The molecule has 1 aromatic heterocycles. The van der Waals surface area contributed by atoms with Gasteiger partial charge >= 0.3 is 5.13 Å². The van der Waals surface area contributed by atoms with Crippen LogP contribution < -0.4 is 38.6 Å². The zero-order chi connectivity index (χ0) is 11.5. The average Bonchev–Trinajstić information content (AvgIpc) is 2.62. The molecule has 0 unspecified atom stereocenters. The summed E-state index contributed by atoms with van der Waals surface area (Å²) in [5.74, 6) is 0.855. The molecular weight excluding hydrogens is 347 g/mol. The van der Waals surface area contributed by atoms with Gasteiger partial charge in [0.1, 0.15) is 5.69 Å². The number of benzene rings is 1. The lowest BCUT2D eigenvalue weighted by Gasteiger charge is -2.04. The van der Waals surface area contributed by atoms with Gasteiger partial charge in [0, 0.05) is 5.38 Å². The van der Waals surface area contributed by atoms with E-state index >= 15 is 0 Å². The van der Waals surface area contributed by atoms with E-state index in [1.807, 2.05) is 31.3 Å². The highest BCUT2D eigenvalue weighted by Gasteiger charge is 2.14. The summed E-state index contributed by atoms with van der Waals surface area (Å²) in [5.41, 5.74) is 2.23. The summed E-state index contributed by atoms with van der Waals surface area (Å²) in [6.45, 7) is 2.09. The van der Waals surface area contributed by atoms with Crippen molar-refractivity contribution in [3.05, 3.63) is 35.3 Å². The molecule has 2 aromatic rings. The van der Waals surface area contributed by atoms with Gasteiger partial charge in [-0.15, -0.1) is 0 Å². The lowest BCUT2D eigenvalue weighted by molar-refractivity contribution is -0.658. The normalized spacial score (nSPS) is 9.59. The quantitative estimate of drug-likeness (QED) is 0.596. The van der Waals surface area contributed by atoms with Crippen molar-refractivity contribution in [2.75, 3.05) is 12.4 Å². The second-order valence-corrected chi connectivity index (χ2v) is 4.42. The Balaban J connectivity index is 0.00000144. The van der Waals surface area contributed by atoms with Gasteiger partial charge in [-0.2, -0.15) is 0 Å². The van der Waals surface area contributed by atoms with Crippen LogP contribution in [-0.2, 0) is 7.05 Å². The standard InChI is InChI=1S/C12H14N2OS.HI/c1-9-8-16-12(14(9)2)13-10-6-4-5-7-11(10)15-3;/h4-8H,1-3H3;1H. The topological polar surface area (TPSA) is 25.1 Å². The predicted molar refractivity (Wildman–Crippen MR) is 66.5 cm³/mol. The third kappa shape index (κ3) is 3.10. The molecule has 0 aliphatic carbocycles. The summed E-state index contributed by atoms with van der Waals surface area (Å²) in [6.07, 6.45) is 0. The molecule has 0 bridgehead atoms. The van der Waals surface area contributed by atoms with Crippen molar-refractivity contribution in [3.63, 3.8) is 0 Å². The van der Waals surface area contributed by atoms with Crippen molar-refractivity contribution >= 4 is 22.2 Å². The van der Waals surface area contributed by atoms with Crippen LogP contribution >= 0.6 is 11.3 Å². The Morgan fingerprint density at radius 3 is 2.59 bits per heavy atom. The number of methoxy groups -OCH3 is 1. The van der Waals surface area contributed by atoms with Crippen LogP contribution in [0.4, 0.5) is 10.8 Å². The highest BCUT2D eigenvalue weighted by molar-refractivity contribution is 7.13. The number of nitrogens with one attached hydrogen (secondary N) is 1. The van der Waals surface area contributed by atoms with Gasteiger partial charge in [-0.3, -0.25) is 0 Å². The van der Waals surface area contributed by atoms with Gasteiger partial charge in [-0.25, -0.2) is 9.88 Å². The van der Waals surface area contributed by atoms with Gasteiger partial charge in [0.2, 0.25) is 0 Å². The zero-order valence-electron chi connectivity index (χ0n) is 10.0.